The van der Waals surface area contributed by atoms with E-state index in [-0.39, 0.29) is 11.1 Å². The summed E-state index contributed by atoms with van der Waals surface area (Å²) in [6, 6.07) is 0. The molecule has 0 amide bonds. The van der Waals surface area contributed by atoms with Crippen molar-refractivity contribution >= 4 is 16.4 Å². The van der Waals surface area contributed by atoms with E-state index < -0.39 is 16.4 Å². The molecule has 3 unspecified atom stereocenters. The Labute approximate surface area is 126 Å². The van der Waals surface area contributed by atoms with Crippen molar-refractivity contribution in [2.75, 3.05) is 6.16 Å². The molecule has 0 fully saturated rings. The molecule has 1 aliphatic carbocycles. The molecule has 0 saturated heterocycles. The van der Waals surface area contributed by atoms with Crippen LogP contribution < -0.4 is 0 Å². The molecule has 3 nitrogen and oxygen atoms in total. The van der Waals surface area contributed by atoms with Crippen LogP contribution in [0.5, 0.6) is 0 Å². The van der Waals surface area contributed by atoms with Crippen LogP contribution in [0.4, 0.5) is 0 Å². The molecule has 0 bridgehead atoms. The summed E-state index contributed by atoms with van der Waals surface area (Å²) in [7, 11) is -4.27. The summed E-state index contributed by atoms with van der Waals surface area (Å²) in [5.74, 6) is 1.54. The van der Waals surface area contributed by atoms with Crippen molar-refractivity contribution in [2.24, 2.45) is 11.3 Å². The first-order valence-electron chi connectivity index (χ1n) is 7.69. The van der Waals surface area contributed by atoms with Crippen molar-refractivity contribution in [2.45, 2.75) is 66.2 Å². The second kappa shape index (κ2) is 6.37. The van der Waals surface area contributed by atoms with Crippen LogP contribution in [0, 0.1) is 11.3 Å². The van der Waals surface area contributed by atoms with Crippen LogP contribution >= 0.6 is 7.37 Å². The molecule has 20 heavy (non-hydrogen) atoms. The molecule has 5 heteroatoms. The monoisotopic (exact) mass is 318 g/mol. The van der Waals surface area contributed by atoms with Gasteiger partial charge in [0.15, 0.2) is 0 Å². The lowest BCUT2D eigenvalue weighted by atomic mass is 9.78. The molecule has 0 aliphatic heterocycles. The molecule has 0 aromatic rings. The highest BCUT2D eigenvalue weighted by atomic mass is 31.2. The lowest BCUT2D eigenvalue weighted by Crippen LogP contribution is -2.19. The maximum absolute atomic E-state index is 12.3. The smallest absolute Gasteiger partial charge is 0.229 e. The lowest BCUT2D eigenvalue weighted by molar-refractivity contribution is 0.236. The SMILES string of the molecule is CCP(=O)(O)C(C)C1=C(O[SiH](C)C)CC(C(C)(C)C)C1. The summed E-state index contributed by atoms with van der Waals surface area (Å²) >= 11 is 0. The molecule has 0 saturated carbocycles. The molecular formula is C15H31O3PSi. The molecule has 0 heterocycles. The first-order valence-corrected chi connectivity index (χ1v) is 12.4. The van der Waals surface area contributed by atoms with Gasteiger partial charge in [0.25, 0.3) is 0 Å². The molecule has 118 valence electrons. The second-order valence-corrected chi connectivity index (χ2v) is 12.6. The normalized spacial score (nSPS) is 24.9. The minimum atomic E-state index is -3.10. The summed E-state index contributed by atoms with van der Waals surface area (Å²) in [6.07, 6.45) is 2.17. The van der Waals surface area contributed by atoms with Crippen LogP contribution in [-0.2, 0) is 8.99 Å². The maximum Gasteiger partial charge on any atom is 0.229 e. The summed E-state index contributed by atoms with van der Waals surface area (Å²) in [4.78, 5) is 10.2. The summed E-state index contributed by atoms with van der Waals surface area (Å²) in [6.45, 7) is 14.7. The van der Waals surface area contributed by atoms with Crippen molar-refractivity contribution in [3.8, 4) is 0 Å². The molecule has 0 aromatic heterocycles. The van der Waals surface area contributed by atoms with E-state index in [9.17, 15) is 9.46 Å². The molecule has 3 atom stereocenters. The Hall–Kier alpha value is -0.0531. The topological polar surface area (TPSA) is 46.5 Å². The third-order valence-electron chi connectivity index (χ3n) is 4.42. The molecule has 0 spiro atoms. The number of hydrogen-bond acceptors (Lipinski definition) is 2. The number of rotatable bonds is 5. The van der Waals surface area contributed by atoms with Gasteiger partial charge in [-0.25, -0.2) is 0 Å². The van der Waals surface area contributed by atoms with E-state index in [1.807, 2.05) is 6.92 Å². The van der Waals surface area contributed by atoms with Gasteiger partial charge in [-0.15, -0.1) is 0 Å². The van der Waals surface area contributed by atoms with Crippen LogP contribution in [-0.4, -0.2) is 25.8 Å². The predicted octanol–water partition coefficient (Wildman–Crippen LogP) is 4.38. The zero-order valence-electron chi connectivity index (χ0n) is 14.1. The Kier molecular flexibility index (Phi) is 5.73. The first-order chi connectivity index (χ1) is 8.99. The Balaban J connectivity index is 3.05. The van der Waals surface area contributed by atoms with Crippen LogP contribution in [0.15, 0.2) is 11.3 Å². The van der Waals surface area contributed by atoms with Gasteiger partial charge in [-0.2, -0.15) is 0 Å². The van der Waals surface area contributed by atoms with Crippen molar-refractivity contribution in [1.29, 1.82) is 0 Å². The fraction of sp³-hybridized carbons (Fsp3) is 0.867. The zero-order chi connectivity index (χ0) is 15.7. The molecular weight excluding hydrogens is 287 g/mol. The molecule has 1 aliphatic rings. The van der Waals surface area contributed by atoms with Gasteiger partial charge < -0.3 is 9.32 Å². The van der Waals surface area contributed by atoms with E-state index in [1.165, 1.54) is 0 Å². The van der Waals surface area contributed by atoms with E-state index in [0.717, 1.165) is 24.2 Å². The third-order valence-corrected chi connectivity index (χ3v) is 7.61. The minimum Gasteiger partial charge on any atom is -0.550 e. The van der Waals surface area contributed by atoms with Crippen LogP contribution in [0.3, 0.4) is 0 Å². The van der Waals surface area contributed by atoms with Gasteiger partial charge in [-0.1, -0.05) is 27.7 Å². The van der Waals surface area contributed by atoms with Crippen LogP contribution in [0.2, 0.25) is 13.1 Å². The van der Waals surface area contributed by atoms with Crippen LogP contribution in [0.1, 0.15) is 47.5 Å². The summed E-state index contributed by atoms with van der Waals surface area (Å²) < 4.78 is 18.4. The first kappa shape index (κ1) is 18.0. The molecule has 1 N–H and O–H groups in total. The van der Waals surface area contributed by atoms with Gasteiger partial charge in [-0.05, 0) is 43.3 Å². The van der Waals surface area contributed by atoms with E-state index >= 15 is 0 Å². The van der Waals surface area contributed by atoms with E-state index in [1.54, 1.807) is 6.92 Å². The molecule has 0 aromatic carbocycles. The average molecular weight is 318 g/mol. The fourth-order valence-electron chi connectivity index (χ4n) is 2.75. The van der Waals surface area contributed by atoms with Gasteiger partial charge in [0.05, 0.1) is 11.4 Å². The zero-order valence-corrected chi connectivity index (χ0v) is 16.1. The largest absolute Gasteiger partial charge is 0.550 e. The second-order valence-electron chi connectivity index (χ2n) is 7.33. The highest BCUT2D eigenvalue weighted by Crippen LogP contribution is 2.54. The maximum atomic E-state index is 12.3. The molecule has 0 radical (unpaired) electrons. The van der Waals surface area contributed by atoms with Crippen molar-refractivity contribution in [3.05, 3.63) is 11.3 Å². The van der Waals surface area contributed by atoms with E-state index in [0.29, 0.717) is 12.1 Å². The lowest BCUT2D eigenvalue weighted by Gasteiger charge is -2.28. The Morgan fingerprint density at radius 2 is 1.95 bits per heavy atom. The van der Waals surface area contributed by atoms with Gasteiger partial charge in [0, 0.05) is 12.6 Å². The third kappa shape index (κ3) is 4.22. The average Bonchev–Trinajstić information content (AvgIpc) is 2.70. The van der Waals surface area contributed by atoms with Crippen molar-refractivity contribution < 1.29 is 13.9 Å². The van der Waals surface area contributed by atoms with Crippen molar-refractivity contribution in [3.63, 3.8) is 0 Å². The van der Waals surface area contributed by atoms with E-state index in [2.05, 4.69) is 33.9 Å². The van der Waals surface area contributed by atoms with Gasteiger partial charge >= 0.3 is 0 Å². The Morgan fingerprint density at radius 1 is 1.40 bits per heavy atom. The van der Waals surface area contributed by atoms with Gasteiger partial charge in [0.1, 0.15) is 0 Å². The number of allylic oxidation sites excluding steroid dienone is 2. The summed E-state index contributed by atoms with van der Waals surface area (Å²) in [5.41, 5.74) is 1.06. The predicted molar refractivity (Wildman–Crippen MR) is 89.0 cm³/mol. The quantitative estimate of drug-likeness (QED) is 0.604. The Bertz CT molecular complexity index is 423. The van der Waals surface area contributed by atoms with Crippen molar-refractivity contribution in [1.82, 2.24) is 0 Å². The number of hydrogen-bond donors (Lipinski definition) is 1. The highest BCUT2D eigenvalue weighted by Gasteiger charge is 2.39. The fourth-order valence-corrected chi connectivity index (χ4v) is 4.85. The van der Waals surface area contributed by atoms with Gasteiger partial charge in [-0.3, -0.25) is 4.57 Å². The van der Waals surface area contributed by atoms with E-state index in [4.69, 9.17) is 4.43 Å². The van der Waals surface area contributed by atoms with Gasteiger partial charge in [0.2, 0.25) is 16.4 Å². The molecule has 1 rings (SSSR count). The summed E-state index contributed by atoms with van der Waals surface area (Å²) in [5, 5.41) is 0. The highest BCUT2D eigenvalue weighted by molar-refractivity contribution is 7.58. The van der Waals surface area contributed by atoms with Crippen LogP contribution in [0.25, 0.3) is 0 Å². The Morgan fingerprint density at radius 3 is 2.35 bits per heavy atom. The standard InChI is InChI=1S/C15H31O3PSi/c1-8-19(16,17)11(2)13-9-12(15(3,4)5)10-14(13)18-20(6)7/h11-12,20H,8-10H2,1-7H3,(H,16,17). The minimum absolute atomic E-state index is 0.209.